The number of aryl methyl sites for hydroxylation is 1. The third kappa shape index (κ3) is 2.52. The van der Waals surface area contributed by atoms with E-state index in [0.717, 1.165) is 5.69 Å². The predicted molar refractivity (Wildman–Crippen MR) is 61.9 cm³/mol. The molecule has 16 heavy (non-hydrogen) atoms. The lowest BCUT2D eigenvalue weighted by atomic mass is 10.3. The molecule has 1 heterocycles. The molecule has 1 N–H and O–H groups in total. The van der Waals surface area contributed by atoms with Crippen molar-refractivity contribution in [3.63, 3.8) is 0 Å². The van der Waals surface area contributed by atoms with Gasteiger partial charge in [-0.2, -0.15) is 5.10 Å². The van der Waals surface area contributed by atoms with Crippen LogP contribution in [0.3, 0.4) is 0 Å². The molecule has 0 aliphatic rings. The van der Waals surface area contributed by atoms with Crippen LogP contribution in [0.4, 0.5) is 10.1 Å². The van der Waals surface area contributed by atoms with Gasteiger partial charge in [0, 0.05) is 18.3 Å². The Labute approximate surface area is 97.8 Å². The van der Waals surface area contributed by atoms with Gasteiger partial charge in [-0.05, 0) is 24.3 Å². The van der Waals surface area contributed by atoms with Crippen LogP contribution < -0.4 is 5.32 Å². The normalized spacial score (nSPS) is 10.4. The van der Waals surface area contributed by atoms with Crippen LogP contribution in [-0.4, -0.2) is 9.78 Å². The number of nitrogens with zero attached hydrogens (tertiary/aromatic N) is 2. The van der Waals surface area contributed by atoms with E-state index >= 15 is 0 Å². The average Bonchev–Trinajstić information content (AvgIpc) is 2.63. The van der Waals surface area contributed by atoms with E-state index < -0.39 is 0 Å². The molecule has 0 saturated carbocycles. The fourth-order valence-electron chi connectivity index (χ4n) is 1.38. The Kier molecular flexibility index (Phi) is 3.10. The fourth-order valence-corrected chi connectivity index (χ4v) is 1.53. The molecule has 0 bridgehead atoms. The predicted octanol–water partition coefficient (Wildman–Crippen LogP) is 2.82. The Hall–Kier alpha value is -1.55. The second-order valence-corrected chi connectivity index (χ2v) is 3.89. The van der Waals surface area contributed by atoms with Crippen LogP contribution in [0.5, 0.6) is 0 Å². The number of benzene rings is 1. The molecular weight excluding hydrogens is 229 g/mol. The molecule has 0 aliphatic carbocycles. The van der Waals surface area contributed by atoms with E-state index in [9.17, 15) is 4.39 Å². The summed E-state index contributed by atoms with van der Waals surface area (Å²) in [5.41, 5.74) is 1.28. The maximum absolute atomic E-state index is 13.4. The first-order valence-electron chi connectivity index (χ1n) is 4.82. The van der Waals surface area contributed by atoms with E-state index in [1.165, 1.54) is 6.07 Å². The van der Waals surface area contributed by atoms with Crippen LogP contribution in [-0.2, 0) is 13.6 Å². The average molecular weight is 240 g/mol. The first-order valence-corrected chi connectivity index (χ1v) is 5.20. The van der Waals surface area contributed by atoms with Crippen LogP contribution in [0, 0.1) is 5.82 Å². The number of aromatic nitrogens is 2. The van der Waals surface area contributed by atoms with Crippen molar-refractivity contribution in [3.05, 3.63) is 47.0 Å². The second-order valence-electron chi connectivity index (χ2n) is 3.46. The van der Waals surface area contributed by atoms with Gasteiger partial charge >= 0.3 is 0 Å². The van der Waals surface area contributed by atoms with Crippen LogP contribution in [0.15, 0.2) is 30.5 Å². The quantitative estimate of drug-likeness (QED) is 0.893. The SMILES string of the molecule is Cn1ccc(CNc2ccc(Cl)cc2F)n1. The van der Waals surface area contributed by atoms with Crippen molar-refractivity contribution in [1.82, 2.24) is 9.78 Å². The molecule has 1 aromatic heterocycles. The first kappa shape index (κ1) is 11.0. The molecule has 5 heteroatoms. The number of anilines is 1. The Morgan fingerprint density at radius 2 is 2.25 bits per heavy atom. The molecule has 0 radical (unpaired) electrons. The zero-order chi connectivity index (χ0) is 11.5. The molecule has 0 amide bonds. The molecule has 0 spiro atoms. The third-order valence-electron chi connectivity index (χ3n) is 2.16. The molecule has 3 nitrogen and oxygen atoms in total. The van der Waals surface area contributed by atoms with E-state index in [0.29, 0.717) is 17.3 Å². The number of hydrogen-bond donors (Lipinski definition) is 1. The van der Waals surface area contributed by atoms with Gasteiger partial charge in [0.25, 0.3) is 0 Å². The minimum atomic E-state index is -0.358. The van der Waals surface area contributed by atoms with Crippen LogP contribution in [0.25, 0.3) is 0 Å². The van der Waals surface area contributed by atoms with Crippen molar-refractivity contribution in [2.24, 2.45) is 7.05 Å². The minimum absolute atomic E-state index is 0.358. The third-order valence-corrected chi connectivity index (χ3v) is 2.40. The Morgan fingerprint density at radius 3 is 2.88 bits per heavy atom. The smallest absolute Gasteiger partial charge is 0.147 e. The summed E-state index contributed by atoms with van der Waals surface area (Å²) in [5, 5.41) is 7.53. The lowest BCUT2D eigenvalue weighted by Gasteiger charge is -2.05. The van der Waals surface area contributed by atoms with E-state index in [1.54, 1.807) is 16.8 Å². The highest BCUT2D eigenvalue weighted by atomic mass is 35.5. The molecule has 2 aromatic rings. The van der Waals surface area contributed by atoms with Gasteiger partial charge < -0.3 is 5.32 Å². The molecule has 2 rings (SSSR count). The summed E-state index contributed by atoms with van der Waals surface area (Å²) in [6.45, 7) is 0.486. The number of hydrogen-bond acceptors (Lipinski definition) is 2. The Morgan fingerprint density at radius 1 is 1.44 bits per heavy atom. The summed E-state index contributed by atoms with van der Waals surface area (Å²) in [6, 6.07) is 6.41. The lowest BCUT2D eigenvalue weighted by molar-refractivity contribution is 0.630. The van der Waals surface area contributed by atoms with Crippen molar-refractivity contribution >= 4 is 17.3 Å². The van der Waals surface area contributed by atoms with E-state index in [4.69, 9.17) is 11.6 Å². The Bertz CT molecular complexity index is 496. The largest absolute Gasteiger partial charge is 0.377 e. The van der Waals surface area contributed by atoms with Crippen molar-refractivity contribution < 1.29 is 4.39 Å². The van der Waals surface area contributed by atoms with Crippen LogP contribution >= 0.6 is 11.6 Å². The number of halogens is 2. The fraction of sp³-hybridized carbons (Fsp3) is 0.182. The topological polar surface area (TPSA) is 29.9 Å². The zero-order valence-corrected chi connectivity index (χ0v) is 9.50. The highest BCUT2D eigenvalue weighted by Gasteiger charge is 2.03. The molecule has 0 aliphatic heterocycles. The van der Waals surface area contributed by atoms with E-state index in [-0.39, 0.29) is 5.82 Å². The van der Waals surface area contributed by atoms with Crippen molar-refractivity contribution in [1.29, 1.82) is 0 Å². The van der Waals surface area contributed by atoms with E-state index in [2.05, 4.69) is 10.4 Å². The van der Waals surface area contributed by atoms with Crippen molar-refractivity contribution in [2.45, 2.75) is 6.54 Å². The number of nitrogens with one attached hydrogen (secondary N) is 1. The summed E-state index contributed by atoms with van der Waals surface area (Å²) < 4.78 is 15.1. The molecule has 1 aromatic carbocycles. The van der Waals surface area contributed by atoms with Gasteiger partial charge in [-0.25, -0.2) is 4.39 Å². The molecule has 0 fully saturated rings. The zero-order valence-electron chi connectivity index (χ0n) is 8.74. The number of rotatable bonds is 3. The lowest BCUT2D eigenvalue weighted by Crippen LogP contribution is -2.02. The summed E-state index contributed by atoms with van der Waals surface area (Å²) in [5.74, 6) is -0.358. The first-order chi connectivity index (χ1) is 7.65. The summed E-state index contributed by atoms with van der Waals surface area (Å²) in [6.07, 6.45) is 1.84. The van der Waals surface area contributed by atoms with Gasteiger partial charge in [-0.3, -0.25) is 4.68 Å². The van der Waals surface area contributed by atoms with Gasteiger partial charge in [0.2, 0.25) is 0 Å². The minimum Gasteiger partial charge on any atom is -0.377 e. The second kappa shape index (κ2) is 4.53. The summed E-state index contributed by atoms with van der Waals surface area (Å²) in [4.78, 5) is 0. The van der Waals surface area contributed by atoms with E-state index in [1.807, 2.05) is 19.3 Å². The van der Waals surface area contributed by atoms with Crippen molar-refractivity contribution in [3.8, 4) is 0 Å². The maximum Gasteiger partial charge on any atom is 0.147 e. The van der Waals surface area contributed by atoms with Gasteiger partial charge in [0.15, 0.2) is 0 Å². The molecule has 0 atom stereocenters. The summed E-state index contributed by atoms with van der Waals surface area (Å²) in [7, 11) is 1.84. The highest BCUT2D eigenvalue weighted by Crippen LogP contribution is 2.19. The monoisotopic (exact) mass is 239 g/mol. The standard InChI is InChI=1S/C11H11ClFN3/c1-16-5-4-9(15-16)7-14-11-3-2-8(12)6-10(11)13/h2-6,14H,7H2,1H3. The highest BCUT2D eigenvalue weighted by molar-refractivity contribution is 6.30. The molecule has 0 unspecified atom stereocenters. The maximum atomic E-state index is 13.4. The molecular formula is C11H11ClFN3. The van der Waals surface area contributed by atoms with Crippen LogP contribution in [0.2, 0.25) is 5.02 Å². The Balaban J connectivity index is 2.04. The van der Waals surface area contributed by atoms with Gasteiger partial charge in [0.05, 0.1) is 17.9 Å². The van der Waals surface area contributed by atoms with Crippen LogP contribution in [0.1, 0.15) is 5.69 Å². The molecule has 0 saturated heterocycles. The van der Waals surface area contributed by atoms with Gasteiger partial charge in [-0.1, -0.05) is 11.6 Å². The summed E-state index contributed by atoms with van der Waals surface area (Å²) >= 11 is 5.65. The van der Waals surface area contributed by atoms with Gasteiger partial charge in [0.1, 0.15) is 5.82 Å². The van der Waals surface area contributed by atoms with Gasteiger partial charge in [-0.15, -0.1) is 0 Å². The molecule has 84 valence electrons. The van der Waals surface area contributed by atoms with Crippen molar-refractivity contribution in [2.75, 3.05) is 5.32 Å².